The highest BCUT2D eigenvalue weighted by Crippen LogP contribution is 2.18. The standard InChI is InChI=1S/C16H20F2O/c1-2-3-4-5-6-7-12-19-16-9-8-14(10-11-17)13-15(16)18/h8-9,13H,2-7,12H2,1H3. The summed E-state index contributed by atoms with van der Waals surface area (Å²) in [6.07, 6.45) is 8.23. The van der Waals surface area contributed by atoms with E-state index in [9.17, 15) is 8.78 Å². The molecule has 3 heteroatoms. The highest BCUT2D eigenvalue weighted by molar-refractivity contribution is 5.38. The zero-order valence-corrected chi connectivity index (χ0v) is 11.3. The minimum Gasteiger partial charge on any atom is -0.491 e. The zero-order valence-electron chi connectivity index (χ0n) is 11.3. The molecule has 19 heavy (non-hydrogen) atoms. The predicted octanol–water partition coefficient (Wildman–Crippen LogP) is 4.84. The van der Waals surface area contributed by atoms with E-state index in [1.165, 1.54) is 44.0 Å². The van der Waals surface area contributed by atoms with Gasteiger partial charge in [0.15, 0.2) is 11.6 Å². The first-order valence-electron chi connectivity index (χ1n) is 6.82. The molecule has 0 aliphatic heterocycles. The molecule has 0 aliphatic rings. The van der Waals surface area contributed by atoms with Crippen molar-refractivity contribution < 1.29 is 13.5 Å². The smallest absolute Gasteiger partial charge is 0.166 e. The van der Waals surface area contributed by atoms with Crippen LogP contribution in [0.25, 0.3) is 0 Å². The molecule has 0 saturated carbocycles. The van der Waals surface area contributed by atoms with Gasteiger partial charge in [0.2, 0.25) is 0 Å². The van der Waals surface area contributed by atoms with Crippen LogP contribution in [0.15, 0.2) is 18.2 Å². The first kappa shape index (κ1) is 15.5. The molecule has 1 rings (SSSR count). The highest BCUT2D eigenvalue weighted by Gasteiger charge is 2.03. The van der Waals surface area contributed by atoms with Crippen molar-refractivity contribution in [3.63, 3.8) is 0 Å². The van der Waals surface area contributed by atoms with Crippen LogP contribution in [0, 0.1) is 17.9 Å². The maximum absolute atomic E-state index is 13.5. The average Bonchev–Trinajstić information content (AvgIpc) is 2.40. The SMILES string of the molecule is CCCCCCCCOc1ccc(C#CF)cc1F. The van der Waals surface area contributed by atoms with Crippen molar-refractivity contribution >= 4 is 0 Å². The van der Waals surface area contributed by atoms with Crippen LogP contribution in [0.2, 0.25) is 0 Å². The molecule has 0 aliphatic carbocycles. The molecule has 0 saturated heterocycles. The van der Waals surface area contributed by atoms with E-state index in [-0.39, 0.29) is 5.75 Å². The number of hydrogen-bond donors (Lipinski definition) is 0. The predicted molar refractivity (Wildman–Crippen MR) is 73.3 cm³/mol. The second kappa shape index (κ2) is 9.38. The molecule has 0 bridgehead atoms. The Labute approximate surface area is 114 Å². The Morgan fingerprint density at radius 2 is 1.84 bits per heavy atom. The maximum Gasteiger partial charge on any atom is 0.166 e. The average molecular weight is 266 g/mol. The van der Waals surface area contributed by atoms with E-state index in [0.29, 0.717) is 12.2 Å². The summed E-state index contributed by atoms with van der Waals surface area (Å²) in [6.45, 7) is 2.69. The number of hydrogen-bond acceptors (Lipinski definition) is 1. The van der Waals surface area contributed by atoms with Gasteiger partial charge in [-0.15, -0.1) is 4.39 Å². The molecule has 0 heterocycles. The van der Waals surface area contributed by atoms with Gasteiger partial charge in [-0.3, -0.25) is 0 Å². The molecule has 1 aromatic carbocycles. The van der Waals surface area contributed by atoms with E-state index >= 15 is 0 Å². The van der Waals surface area contributed by atoms with Crippen molar-refractivity contribution in [1.29, 1.82) is 0 Å². The zero-order chi connectivity index (χ0) is 13.9. The molecule has 0 fully saturated rings. The summed E-state index contributed by atoms with van der Waals surface area (Å²) < 4.78 is 30.7. The second-order valence-electron chi connectivity index (χ2n) is 4.48. The number of ether oxygens (including phenoxy) is 1. The van der Waals surface area contributed by atoms with Crippen molar-refractivity contribution in [2.24, 2.45) is 0 Å². The van der Waals surface area contributed by atoms with Crippen LogP contribution in [0.1, 0.15) is 51.0 Å². The lowest BCUT2D eigenvalue weighted by molar-refractivity contribution is 0.290. The van der Waals surface area contributed by atoms with Gasteiger partial charge in [-0.2, -0.15) is 0 Å². The summed E-state index contributed by atoms with van der Waals surface area (Å²) in [7, 11) is 0. The number of benzene rings is 1. The van der Waals surface area contributed by atoms with Gasteiger partial charge in [0.1, 0.15) is 6.17 Å². The van der Waals surface area contributed by atoms with Gasteiger partial charge >= 0.3 is 0 Å². The van der Waals surface area contributed by atoms with E-state index in [2.05, 4.69) is 12.8 Å². The molecule has 0 atom stereocenters. The number of unbranched alkanes of at least 4 members (excludes halogenated alkanes) is 5. The van der Waals surface area contributed by atoms with Crippen molar-refractivity contribution in [2.75, 3.05) is 6.61 Å². The Bertz CT molecular complexity index is 432. The lowest BCUT2D eigenvalue weighted by Crippen LogP contribution is -1.99. The van der Waals surface area contributed by atoms with Crippen LogP contribution >= 0.6 is 0 Å². The molecule has 1 aromatic rings. The van der Waals surface area contributed by atoms with Crippen LogP contribution in [0.5, 0.6) is 5.75 Å². The minimum atomic E-state index is -0.494. The fourth-order valence-corrected chi connectivity index (χ4v) is 1.81. The van der Waals surface area contributed by atoms with E-state index in [1.54, 1.807) is 6.07 Å². The van der Waals surface area contributed by atoms with Gasteiger partial charge in [-0.25, -0.2) is 4.39 Å². The fraction of sp³-hybridized carbons (Fsp3) is 0.500. The molecule has 0 amide bonds. The molecule has 0 spiro atoms. The van der Waals surface area contributed by atoms with Crippen molar-refractivity contribution in [3.05, 3.63) is 29.6 Å². The highest BCUT2D eigenvalue weighted by atomic mass is 19.1. The molecule has 0 aromatic heterocycles. The van der Waals surface area contributed by atoms with Gasteiger partial charge in [0.25, 0.3) is 0 Å². The summed E-state index contributed by atoms with van der Waals surface area (Å²) >= 11 is 0. The molecule has 0 N–H and O–H groups in total. The van der Waals surface area contributed by atoms with Gasteiger partial charge < -0.3 is 4.74 Å². The summed E-state index contributed by atoms with van der Waals surface area (Å²) in [5, 5.41) is 0. The van der Waals surface area contributed by atoms with E-state index in [1.807, 2.05) is 0 Å². The Morgan fingerprint density at radius 3 is 2.53 bits per heavy atom. The number of rotatable bonds is 8. The van der Waals surface area contributed by atoms with E-state index < -0.39 is 5.82 Å². The topological polar surface area (TPSA) is 9.23 Å². The van der Waals surface area contributed by atoms with Gasteiger partial charge in [-0.05, 0) is 30.5 Å². The molecule has 0 radical (unpaired) electrons. The van der Waals surface area contributed by atoms with Crippen molar-refractivity contribution in [2.45, 2.75) is 45.4 Å². The Balaban J connectivity index is 2.27. The summed E-state index contributed by atoms with van der Waals surface area (Å²) in [6, 6.07) is 4.22. The fourth-order valence-electron chi connectivity index (χ4n) is 1.81. The normalized spacial score (nSPS) is 9.84. The van der Waals surface area contributed by atoms with Gasteiger partial charge in [0.05, 0.1) is 6.61 Å². The Morgan fingerprint density at radius 1 is 1.11 bits per heavy atom. The lowest BCUT2D eigenvalue weighted by Gasteiger charge is -2.07. The van der Waals surface area contributed by atoms with Crippen LogP contribution in [-0.4, -0.2) is 6.61 Å². The monoisotopic (exact) mass is 266 g/mol. The van der Waals surface area contributed by atoms with Gasteiger partial charge in [-0.1, -0.05) is 39.0 Å². The van der Waals surface area contributed by atoms with Crippen LogP contribution in [-0.2, 0) is 0 Å². The molecule has 104 valence electrons. The van der Waals surface area contributed by atoms with Gasteiger partial charge in [0, 0.05) is 5.56 Å². The Hall–Kier alpha value is -1.56. The first-order chi connectivity index (χ1) is 9.27. The summed E-state index contributed by atoms with van der Waals surface area (Å²) in [5.41, 5.74) is 0.312. The molecular weight excluding hydrogens is 246 g/mol. The third-order valence-electron chi connectivity index (χ3n) is 2.88. The summed E-state index contributed by atoms with van der Waals surface area (Å²) in [5.74, 6) is 1.87. The van der Waals surface area contributed by atoms with Crippen LogP contribution in [0.4, 0.5) is 8.78 Å². The van der Waals surface area contributed by atoms with Crippen LogP contribution in [0.3, 0.4) is 0 Å². The van der Waals surface area contributed by atoms with E-state index in [0.717, 1.165) is 12.8 Å². The first-order valence-corrected chi connectivity index (χ1v) is 6.82. The Kier molecular flexibility index (Phi) is 7.65. The van der Waals surface area contributed by atoms with Crippen molar-refractivity contribution in [3.8, 4) is 17.8 Å². The molecule has 0 unspecified atom stereocenters. The third kappa shape index (κ3) is 6.24. The largest absolute Gasteiger partial charge is 0.491 e. The lowest BCUT2D eigenvalue weighted by atomic mass is 10.1. The van der Waals surface area contributed by atoms with Crippen molar-refractivity contribution in [1.82, 2.24) is 0 Å². The quantitative estimate of drug-likeness (QED) is 0.483. The molecular formula is C16H20F2O. The minimum absolute atomic E-state index is 0.206. The molecule has 1 nitrogen and oxygen atoms in total. The van der Waals surface area contributed by atoms with E-state index in [4.69, 9.17) is 4.74 Å². The number of halogens is 2. The van der Waals surface area contributed by atoms with Crippen LogP contribution < -0.4 is 4.74 Å². The summed E-state index contributed by atoms with van der Waals surface area (Å²) in [4.78, 5) is 0. The maximum atomic E-state index is 13.5. The third-order valence-corrected chi connectivity index (χ3v) is 2.88. The second-order valence-corrected chi connectivity index (χ2v) is 4.48.